The third-order valence-corrected chi connectivity index (χ3v) is 8.07. The van der Waals surface area contributed by atoms with Gasteiger partial charge in [-0.15, -0.1) is 15.7 Å². The average molecular weight is 458 g/mol. The maximum absolute atomic E-state index is 12.9. The molecule has 1 unspecified atom stereocenters. The highest BCUT2D eigenvalue weighted by atomic mass is 32.2. The van der Waals surface area contributed by atoms with Gasteiger partial charge in [0, 0.05) is 16.9 Å². The standard InChI is InChI=1S/C21H23N5O3S2/c1-21(2,28)19-23-12-18(30-19)31(22,29)26-20(27)25-17-11-16(13-7-4-3-5-8-13)24-15-10-6-9-14(15)17/h3-5,7-8,11-12,28H,6,9-10H2,1-2H3,(H3,22,24,25,26,27,29). The summed E-state index contributed by atoms with van der Waals surface area (Å²) < 4.78 is 16.7. The maximum Gasteiger partial charge on any atom is 0.354 e. The number of fused-ring (bicyclic) bond motifs is 1. The Hall–Kier alpha value is -2.66. The second-order valence-corrected chi connectivity index (χ2v) is 10.9. The van der Waals surface area contributed by atoms with Crippen LogP contribution >= 0.6 is 11.3 Å². The zero-order valence-electron chi connectivity index (χ0n) is 17.2. The van der Waals surface area contributed by atoms with E-state index in [4.69, 9.17) is 10.1 Å². The summed E-state index contributed by atoms with van der Waals surface area (Å²) in [5, 5.41) is 19.0. The van der Waals surface area contributed by atoms with E-state index in [1.54, 1.807) is 13.8 Å². The van der Waals surface area contributed by atoms with Gasteiger partial charge in [-0.1, -0.05) is 30.3 Å². The topological polar surface area (TPSA) is 131 Å². The zero-order valence-corrected chi connectivity index (χ0v) is 18.8. The van der Waals surface area contributed by atoms with Gasteiger partial charge in [-0.2, -0.15) is 0 Å². The Bertz CT molecular complexity index is 1260. The molecule has 0 spiro atoms. The van der Waals surface area contributed by atoms with Crippen LogP contribution in [0, 0.1) is 0 Å². The highest BCUT2D eigenvalue weighted by Gasteiger charge is 2.24. The number of pyridine rings is 1. The molecule has 1 atom stereocenters. The van der Waals surface area contributed by atoms with Crippen LogP contribution in [-0.4, -0.2) is 25.3 Å². The van der Waals surface area contributed by atoms with Gasteiger partial charge in [-0.25, -0.2) is 19.1 Å². The molecule has 0 bridgehead atoms. The molecule has 8 nitrogen and oxygen atoms in total. The van der Waals surface area contributed by atoms with Crippen molar-refractivity contribution in [3.8, 4) is 11.3 Å². The molecule has 0 radical (unpaired) electrons. The van der Waals surface area contributed by atoms with Crippen LogP contribution in [0.1, 0.15) is 36.5 Å². The van der Waals surface area contributed by atoms with E-state index in [1.807, 2.05) is 36.4 Å². The molecule has 2 heterocycles. The van der Waals surface area contributed by atoms with Gasteiger partial charge in [0.1, 0.15) is 14.8 Å². The minimum Gasteiger partial charge on any atom is -0.383 e. The first-order chi connectivity index (χ1) is 14.6. The first-order valence-corrected chi connectivity index (χ1v) is 12.2. The fourth-order valence-electron chi connectivity index (χ4n) is 3.39. The van der Waals surface area contributed by atoms with Gasteiger partial charge >= 0.3 is 6.03 Å². The number of amides is 2. The van der Waals surface area contributed by atoms with Crippen LogP contribution < -0.4 is 10.5 Å². The van der Waals surface area contributed by atoms with Crippen molar-refractivity contribution in [1.29, 1.82) is 0 Å². The van der Waals surface area contributed by atoms with E-state index < -0.39 is 21.5 Å². The summed E-state index contributed by atoms with van der Waals surface area (Å²) in [7, 11) is -3.50. The number of nitrogens with two attached hydrogens (primary N) is 1. The number of rotatable bonds is 4. The number of anilines is 1. The Morgan fingerprint density at radius 1 is 1.29 bits per heavy atom. The number of aryl methyl sites for hydroxylation is 1. The van der Waals surface area contributed by atoms with E-state index >= 15 is 0 Å². The first-order valence-electron chi connectivity index (χ1n) is 9.76. The third-order valence-electron chi connectivity index (χ3n) is 4.88. The van der Waals surface area contributed by atoms with Crippen molar-refractivity contribution >= 4 is 33.0 Å². The van der Waals surface area contributed by atoms with Crippen molar-refractivity contribution in [2.45, 2.75) is 42.9 Å². The first kappa shape index (κ1) is 21.6. The number of benzene rings is 1. The third kappa shape index (κ3) is 4.67. The van der Waals surface area contributed by atoms with Crippen molar-refractivity contribution in [3.63, 3.8) is 0 Å². The van der Waals surface area contributed by atoms with Gasteiger partial charge in [0.2, 0.25) is 0 Å². The SMILES string of the molecule is CC(C)(O)c1ncc(S(N)(=O)=NC(=O)Nc2cc(-c3ccccc3)nc3c2CCC3)s1. The molecule has 4 rings (SSSR count). The molecule has 0 saturated heterocycles. The van der Waals surface area contributed by atoms with E-state index in [9.17, 15) is 14.1 Å². The van der Waals surface area contributed by atoms with Crippen LogP contribution in [0.15, 0.2) is 51.2 Å². The summed E-state index contributed by atoms with van der Waals surface area (Å²) in [4.78, 5) is 21.4. The van der Waals surface area contributed by atoms with Crippen molar-refractivity contribution < 1.29 is 14.1 Å². The van der Waals surface area contributed by atoms with Crippen molar-refractivity contribution in [2.75, 3.05) is 5.32 Å². The predicted molar refractivity (Wildman–Crippen MR) is 121 cm³/mol. The minimum atomic E-state index is -3.50. The number of nitrogens with zero attached hydrogens (tertiary/aromatic N) is 3. The smallest absolute Gasteiger partial charge is 0.354 e. The van der Waals surface area contributed by atoms with Gasteiger partial charge < -0.3 is 10.4 Å². The number of urea groups is 1. The van der Waals surface area contributed by atoms with Gasteiger partial charge in [-0.3, -0.25) is 4.98 Å². The Kier molecular flexibility index (Phi) is 5.65. The second-order valence-electron chi connectivity index (χ2n) is 7.83. The van der Waals surface area contributed by atoms with E-state index in [-0.39, 0.29) is 4.21 Å². The molecular weight excluding hydrogens is 434 g/mol. The van der Waals surface area contributed by atoms with Crippen LogP contribution in [-0.2, 0) is 28.4 Å². The van der Waals surface area contributed by atoms with Crippen LogP contribution in [0.2, 0.25) is 0 Å². The molecule has 1 aromatic carbocycles. The molecule has 1 aliphatic carbocycles. The van der Waals surface area contributed by atoms with E-state index in [1.165, 1.54) is 6.20 Å². The largest absolute Gasteiger partial charge is 0.383 e. The highest BCUT2D eigenvalue weighted by Crippen LogP contribution is 2.32. The summed E-state index contributed by atoms with van der Waals surface area (Å²) in [6.07, 6.45) is 3.88. The molecule has 0 fully saturated rings. The fraction of sp³-hybridized carbons (Fsp3) is 0.286. The number of carbonyl (C=O) groups is 1. The second kappa shape index (κ2) is 8.12. The Morgan fingerprint density at radius 3 is 2.71 bits per heavy atom. The van der Waals surface area contributed by atoms with Crippen molar-refractivity contribution in [3.05, 3.63) is 58.9 Å². The number of thiazole rings is 1. The van der Waals surface area contributed by atoms with Gasteiger partial charge in [0.25, 0.3) is 0 Å². The molecule has 2 amide bonds. The lowest BCUT2D eigenvalue weighted by molar-refractivity contribution is 0.0783. The predicted octanol–water partition coefficient (Wildman–Crippen LogP) is 3.85. The summed E-state index contributed by atoms with van der Waals surface area (Å²) in [6.45, 7) is 3.12. The Morgan fingerprint density at radius 2 is 2.03 bits per heavy atom. The lowest BCUT2D eigenvalue weighted by Crippen LogP contribution is -2.17. The summed E-state index contributed by atoms with van der Waals surface area (Å²) >= 11 is 0.970. The normalized spacial score (nSPS) is 15.2. The lowest BCUT2D eigenvalue weighted by Gasteiger charge is -2.12. The number of hydrogen-bond acceptors (Lipinski definition) is 6. The minimum absolute atomic E-state index is 0.129. The van der Waals surface area contributed by atoms with Crippen molar-refractivity contribution in [2.24, 2.45) is 9.50 Å². The molecule has 162 valence electrons. The highest BCUT2D eigenvalue weighted by molar-refractivity contribution is 7.93. The Labute approximate surface area is 184 Å². The number of hydrogen-bond donors (Lipinski definition) is 3. The lowest BCUT2D eigenvalue weighted by atomic mass is 10.1. The monoisotopic (exact) mass is 457 g/mol. The molecule has 10 heteroatoms. The summed E-state index contributed by atoms with van der Waals surface area (Å²) in [5.74, 6) is 0. The molecule has 0 aliphatic heterocycles. The molecule has 2 aromatic heterocycles. The van der Waals surface area contributed by atoms with E-state index in [0.717, 1.165) is 53.1 Å². The van der Waals surface area contributed by atoms with Gasteiger partial charge in [0.05, 0.1) is 11.9 Å². The average Bonchev–Trinajstić information content (AvgIpc) is 3.38. The fourth-order valence-corrected chi connectivity index (χ4v) is 5.46. The molecule has 4 N–H and O–H groups in total. The maximum atomic E-state index is 12.9. The number of carbonyl (C=O) groups excluding carboxylic acids is 1. The van der Waals surface area contributed by atoms with Crippen LogP contribution in [0.3, 0.4) is 0 Å². The molecule has 3 aromatic rings. The van der Waals surface area contributed by atoms with Gasteiger partial charge in [0.15, 0.2) is 9.92 Å². The quantitative estimate of drug-likeness (QED) is 0.548. The summed E-state index contributed by atoms with van der Waals surface area (Å²) in [5.41, 5.74) is 3.01. The van der Waals surface area contributed by atoms with E-state index in [0.29, 0.717) is 10.7 Å². The van der Waals surface area contributed by atoms with E-state index in [2.05, 4.69) is 14.7 Å². The molecular formula is C21H23N5O3S2. The zero-order chi connectivity index (χ0) is 22.2. The molecule has 1 aliphatic rings. The van der Waals surface area contributed by atoms with Crippen LogP contribution in [0.5, 0.6) is 0 Å². The Balaban J connectivity index is 1.65. The summed E-state index contributed by atoms with van der Waals surface area (Å²) in [6, 6.07) is 10.7. The number of nitrogens with one attached hydrogen (secondary N) is 1. The van der Waals surface area contributed by atoms with Crippen molar-refractivity contribution in [1.82, 2.24) is 9.97 Å². The van der Waals surface area contributed by atoms with Crippen LogP contribution in [0.25, 0.3) is 11.3 Å². The number of aliphatic hydroxyl groups is 1. The van der Waals surface area contributed by atoms with Crippen LogP contribution in [0.4, 0.5) is 10.5 Å². The van der Waals surface area contributed by atoms with Gasteiger partial charge in [-0.05, 0) is 44.7 Å². The number of aromatic nitrogens is 2. The molecule has 31 heavy (non-hydrogen) atoms. The molecule has 0 saturated carbocycles.